The Bertz CT molecular complexity index is 1140. The molecule has 0 amide bonds. The quantitative estimate of drug-likeness (QED) is 0.145. The Morgan fingerprint density at radius 1 is 0.811 bits per heavy atom. The lowest BCUT2D eigenvalue weighted by Gasteiger charge is -2.18. The molecule has 7 heteroatoms. The lowest BCUT2D eigenvalue weighted by Crippen LogP contribution is -2.08. The Hall–Kier alpha value is -3.58. The van der Waals surface area contributed by atoms with Crippen LogP contribution in [0.1, 0.15) is 74.1 Å². The molecule has 3 rings (SSSR count). The normalized spacial score (nSPS) is 11.6. The molecule has 0 aliphatic carbocycles. The summed E-state index contributed by atoms with van der Waals surface area (Å²) in [7, 11) is 1.33. The van der Waals surface area contributed by atoms with E-state index in [1.54, 1.807) is 31.2 Å². The van der Waals surface area contributed by atoms with Crippen LogP contribution in [0, 0.1) is 0 Å². The maximum Gasteiger partial charge on any atom is 0.337 e. The molecule has 0 saturated heterocycles. The number of carbonyl (C=O) groups is 2. The number of esters is 2. The number of hydrogen-bond donors (Lipinski definition) is 1. The SMILES string of the molecule is CCC(=O)OCCCCCCCCOc1ccc(C(O)Oc2ccc(C(=O)OC)cc2)c2ccccc12. The topological polar surface area (TPSA) is 91.3 Å². The van der Waals surface area contributed by atoms with Gasteiger partial charge in [-0.25, -0.2) is 4.79 Å². The predicted octanol–water partition coefficient (Wildman–Crippen LogP) is 6.37. The second-order valence-corrected chi connectivity index (χ2v) is 8.73. The molecule has 0 aliphatic heterocycles. The molecule has 0 heterocycles. The molecule has 0 bridgehead atoms. The van der Waals surface area contributed by atoms with Crippen LogP contribution in [0.5, 0.6) is 11.5 Å². The summed E-state index contributed by atoms with van der Waals surface area (Å²) in [5.41, 5.74) is 1.04. The lowest BCUT2D eigenvalue weighted by atomic mass is 10.0. The summed E-state index contributed by atoms with van der Waals surface area (Å²) in [5.74, 6) is 0.644. The Morgan fingerprint density at radius 2 is 1.46 bits per heavy atom. The number of methoxy groups -OCH3 is 1. The fourth-order valence-electron chi connectivity index (χ4n) is 4.00. The van der Waals surface area contributed by atoms with Gasteiger partial charge in [0.25, 0.3) is 0 Å². The highest BCUT2D eigenvalue weighted by molar-refractivity contribution is 5.91. The predicted molar refractivity (Wildman–Crippen MR) is 142 cm³/mol. The first-order valence-electron chi connectivity index (χ1n) is 12.9. The van der Waals surface area contributed by atoms with Crippen LogP contribution in [0.4, 0.5) is 0 Å². The largest absolute Gasteiger partial charge is 0.493 e. The van der Waals surface area contributed by atoms with Gasteiger partial charge in [0.1, 0.15) is 11.5 Å². The zero-order valence-corrected chi connectivity index (χ0v) is 21.6. The Balaban J connectivity index is 1.49. The van der Waals surface area contributed by atoms with Crippen molar-refractivity contribution in [3.8, 4) is 11.5 Å². The van der Waals surface area contributed by atoms with Crippen molar-refractivity contribution in [3.05, 3.63) is 71.8 Å². The first-order valence-corrected chi connectivity index (χ1v) is 12.9. The van der Waals surface area contributed by atoms with Crippen molar-refractivity contribution < 1.29 is 33.6 Å². The molecule has 37 heavy (non-hydrogen) atoms. The summed E-state index contributed by atoms with van der Waals surface area (Å²) in [4.78, 5) is 22.7. The fraction of sp³-hybridized carbons (Fsp3) is 0.400. The van der Waals surface area contributed by atoms with Crippen molar-refractivity contribution in [2.24, 2.45) is 0 Å². The molecular formula is C30H36O7. The van der Waals surface area contributed by atoms with E-state index in [0.717, 1.165) is 55.0 Å². The summed E-state index contributed by atoms with van der Waals surface area (Å²) in [5, 5.41) is 12.6. The van der Waals surface area contributed by atoms with E-state index >= 15 is 0 Å². The van der Waals surface area contributed by atoms with E-state index < -0.39 is 12.3 Å². The molecule has 0 radical (unpaired) electrons. The standard InChI is InChI=1S/C30H36O7/c1-3-28(31)36-21-11-7-5-4-6-10-20-35-27-19-18-26(24-12-8-9-13-25(24)27)30(33)37-23-16-14-22(15-17-23)29(32)34-2/h8-9,12-19,30,33H,3-7,10-11,20-21H2,1-2H3. The van der Waals surface area contributed by atoms with E-state index in [9.17, 15) is 14.7 Å². The first-order chi connectivity index (χ1) is 18.0. The third kappa shape index (κ3) is 8.50. The molecule has 3 aromatic carbocycles. The molecule has 1 atom stereocenters. The summed E-state index contributed by atoms with van der Waals surface area (Å²) in [6.45, 7) is 2.93. The maximum atomic E-state index is 11.6. The van der Waals surface area contributed by atoms with E-state index in [1.807, 2.05) is 36.4 Å². The van der Waals surface area contributed by atoms with Crippen LogP contribution in [0.25, 0.3) is 10.8 Å². The van der Waals surface area contributed by atoms with Gasteiger partial charge in [0, 0.05) is 17.4 Å². The minimum absolute atomic E-state index is 0.133. The van der Waals surface area contributed by atoms with Gasteiger partial charge >= 0.3 is 11.9 Å². The zero-order valence-electron chi connectivity index (χ0n) is 21.6. The molecule has 7 nitrogen and oxygen atoms in total. The van der Waals surface area contributed by atoms with E-state index in [0.29, 0.717) is 36.5 Å². The van der Waals surface area contributed by atoms with Crippen LogP contribution in [0.3, 0.4) is 0 Å². The third-order valence-electron chi connectivity index (χ3n) is 6.05. The van der Waals surface area contributed by atoms with Gasteiger partial charge in [-0.2, -0.15) is 0 Å². The Kier molecular flexibility index (Phi) is 11.2. The molecule has 0 aliphatic rings. The molecule has 1 unspecified atom stereocenters. The van der Waals surface area contributed by atoms with Crippen LogP contribution in [0.2, 0.25) is 0 Å². The van der Waals surface area contributed by atoms with Crippen LogP contribution < -0.4 is 9.47 Å². The van der Waals surface area contributed by atoms with Crippen LogP contribution in [-0.2, 0) is 14.3 Å². The molecular weight excluding hydrogens is 472 g/mol. The lowest BCUT2D eigenvalue weighted by molar-refractivity contribution is -0.143. The second kappa shape index (κ2) is 14.9. The summed E-state index contributed by atoms with van der Waals surface area (Å²) < 4.78 is 21.6. The van der Waals surface area contributed by atoms with Crippen LogP contribution >= 0.6 is 0 Å². The number of ether oxygens (including phenoxy) is 4. The number of aliphatic hydroxyl groups excluding tert-OH is 1. The van der Waals surface area contributed by atoms with Gasteiger partial charge in [0.05, 0.1) is 25.9 Å². The van der Waals surface area contributed by atoms with Crippen LogP contribution in [0.15, 0.2) is 60.7 Å². The third-order valence-corrected chi connectivity index (χ3v) is 6.05. The molecule has 0 spiro atoms. The van der Waals surface area contributed by atoms with Gasteiger partial charge in [-0.3, -0.25) is 4.79 Å². The molecule has 0 saturated carbocycles. The first kappa shape index (κ1) is 28.0. The maximum absolute atomic E-state index is 11.6. The fourth-order valence-corrected chi connectivity index (χ4v) is 4.00. The Labute approximate surface area is 218 Å². The number of aliphatic hydroxyl groups is 1. The van der Waals surface area contributed by atoms with Gasteiger partial charge in [0.2, 0.25) is 6.29 Å². The van der Waals surface area contributed by atoms with Crippen LogP contribution in [-0.4, -0.2) is 37.4 Å². The van der Waals surface area contributed by atoms with Gasteiger partial charge in [0.15, 0.2) is 0 Å². The average Bonchev–Trinajstić information content (AvgIpc) is 2.93. The summed E-state index contributed by atoms with van der Waals surface area (Å²) in [6, 6.07) is 17.9. The smallest absolute Gasteiger partial charge is 0.337 e. The number of carbonyl (C=O) groups excluding carboxylic acids is 2. The van der Waals surface area contributed by atoms with E-state index in [-0.39, 0.29) is 5.97 Å². The second-order valence-electron chi connectivity index (χ2n) is 8.73. The minimum Gasteiger partial charge on any atom is -0.493 e. The molecule has 0 aromatic heterocycles. The van der Waals surface area contributed by atoms with Crippen molar-refractivity contribution in [1.82, 2.24) is 0 Å². The number of fused-ring (bicyclic) bond motifs is 1. The van der Waals surface area contributed by atoms with Crippen molar-refractivity contribution >= 4 is 22.7 Å². The number of unbranched alkanes of at least 4 members (excludes halogenated alkanes) is 5. The van der Waals surface area contributed by atoms with Crippen molar-refractivity contribution in [3.63, 3.8) is 0 Å². The highest BCUT2D eigenvalue weighted by atomic mass is 16.6. The molecule has 0 fully saturated rings. The monoisotopic (exact) mass is 508 g/mol. The zero-order chi connectivity index (χ0) is 26.5. The van der Waals surface area contributed by atoms with Crippen molar-refractivity contribution in [2.75, 3.05) is 20.3 Å². The van der Waals surface area contributed by atoms with Gasteiger partial charge in [-0.15, -0.1) is 0 Å². The highest BCUT2D eigenvalue weighted by Crippen LogP contribution is 2.33. The molecule has 198 valence electrons. The highest BCUT2D eigenvalue weighted by Gasteiger charge is 2.16. The van der Waals surface area contributed by atoms with E-state index in [2.05, 4.69) is 0 Å². The minimum atomic E-state index is -1.19. The van der Waals surface area contributed by atoms with Gasteiger partial charge in [-0.05, 0) is 54.6 Å². The van der Waals surface area contributed by atoms with E-state index in [4.69, 9.17) is 18.9 Å². The summed E-state index contributed by atoms with van der Waals surface area (Å²) in [6.07, 6.45) is 5.48. The average molecular weight is 509 g/mol. The summed E-state index contributed by atoms with van der Waals surface area (Å²) >= 11 is 0. The Morgan fingerprint density at radius 3 is 2.14 bits per heavy atom. The van der Waals surface area contributed by atoms with Crippen molar-refractivity contribution in [1.29, 1.82) is 0 Å². The molecule has 1 N–H and O–H groups in total. The van der Waals surface area contributed by atoms with Gasteiger partial charge < -0.3 is 24.1 Å². The number of benzene rings is 3. The van der Waals surface area contributed by atoms with Crippen molar-refractivity contribution in [2.45, 2.75) is 58.2 Å². The number of hydrogen-bond acceptors (Lipinski definition) is 7. The van der Waals surface area contributed by atoms with Gasteiger partial charge in [-0.1, -0.05) is 56.9 Å². The number of rotatable bonds is 15. The van der Waals surface area contributed by atoms with E-state index in [1.165, 1.54) is 7.11 Å². The molecule has 3 aromatic rings.